The molecule has 0 aliphatic heterocycles. The van der Waals surface area contributed by atoms with Gasteiger partial charge in [0, 0.05) is 19.2 Å². The molecule has 1 atom stereocenters. The number of aromatic nitrogens is 3. The van der Waals surface area contributed by atoms with E-state index < -0.39 is 17.2 Å². The van der Waals surface area contributed by atoms with Crippen LogP contribution in [0.1, 0.15) is 17.7 Å². The van der Waals surface area contributed by atoms with Gasteiger partial charge < -0.3 is 9.88 Å². The molecule has 0 spiro atoms. The van der Waals surface area contributed by atoms with Crippen molar-refractivity contribution in [1.29, 1.82) is 0 Å². The summed E-state index contributed by atoms with van der Waals surface area (Å²) in [4.78, 5) is 24.4. The number of carbonyl (C=O) groups is 2. The fraction of sp³-hybridized carbons (Fsp3) is 0.200. The van der Waals surface area contributed by atoms with Crippen molar-refractivity contribution >= 4 is 23.7 Å². The molecule has 144 valence electrons. The zero-order chi connectivity index (χ0) is 19.9. The molecule has 1 heterocycles. The predicted molar refractivity (Wildman–Crippen MR) is 109 cm³/mol. The van der Waals surface area contributed by atoms with Gasteiger partial charge in [0.25, 0.3) is 0 Å². The fourth-order valence-electron chi connectivity index (χ4n) is 2.71. The predicted octanol–water partition coefficient (Wildman–Crippen LogP) is 3.25. The summed E-state index contributed by atoms with van der Waals surface area (Å²) in [6.07, 6.45) is 0. The third-order valence-electron chi connectivity index (χ3n) is 4.09. The summed E-state index contributed by atoms with van der Waals surface area (Å²) in [6, 6.07) is 18.5. The number of imide groups is 1. The highest BCUT2D eigenvalue weighted by atomic mass is 32.2. The number of nitrogens with one attached hydrogen (secondary N) is 2. The van der Waals surface area contributed by atoms with E-state index in [2.05, 4.69) is 20.8 Å². The molecule has 0 saturated carbocycles. The molecule has 3 rings (SSSR count). The van der Waals surface area contributed by atoms with Gasteiger partial charge in [0.15, 0.2) is 11.0 Å². The zero-order valence-electron chi connectivity index (χ0n) is 15.6. The van der Waals surface area contributed by atoms with E-state index >= 15 is 0 Å². The van der Waals surface area contributed by atoms with Gasteiger partial charge in [0.05, 0.1) is 0 Å². The summed E-state index contributed by atoms with van der Waals surface area (Å²) in [7, 11) is 1.47. The van der Waals surface area contributed by atoms with Gasteiger partial charge in [0.2, 0.25) is 5.91 Å². The Bertz CT molecular complexity index is 944. The SMILES string of the molecule is CCn1c(S[C@@H](C(=O)NC(=O)NC)c2ccccc2)nnc1-c1ccccc1. The number of urea groups is 1. The lowest BCUT2D eigenvalue weighted by Gasteiger charge is -2.16. The molecule has 1 aromatic heterocycles. The van der Waals surface area contributed by atoms with E-state index in [1.165, 1.54) is 18.8 Å². The molecule has 2 aromatic carbocycles. The van der Waals surface area contributed by atoms with Crippen molar-refractivity contribution in [3.05, 3.63) is 66.2 Å². The Morgan fingerprint density at radius 2 is 1.68 bits per heavy atom. The summed E-state index contributed by atoms with van der Waals surface area (Å²) >= 11 is 1.27. The van der Waals surface area contributed by atoms with Gasteiger partial charge in [-0.15, -0.1) is 10.2 Å². The van der Waals surface area contributed by atoms with Crippen molar-refractivity contribution in [3.8, 4) is 11.4 Å². The lowest BCUT2D eigenvalue weighted by Crippen LogP contribution is -2.39. The highest BCUT2D eigenvalue weighted by Crippen LogP contribution is 2.36. The minimum Gasteiger partial charge on any atom is -0.341 e. The van der Waals surface area contributed by atoms with Crippen molar-refractivity contribution < 1.29 is 9.59 Å². The van der Waals surface area contributed by atoms with E-state index in [4.69, 9.17) is 0 Å². The van der Waals surface area contributed by atoms with Gasteiger partial charge in [-0.3, -0.25) is 10.1 Å². The Morgan fingerprint density at radius 3 is 2.29 bits per heavy atom. The van der Waals surface area contributed by atoms with Gasteiger partial charge in [-0.05, 0) is 12.5 Å². The van der Waals surface area contributed by atoms with Crippen molar-refractivity contribution in [2.75, 3.05) is 7.05 Å². The Kier molecular flexibility index (Phi) is 6.44. The standard InChI is InChI=1S/C20H21N5O2S/c1-3-25-17(15-12-8-5-9-13-15)23-24-20(25)28-16(14-10-6-4-7-11-14)18(26)22-19(27)21-2/h4-13,16H,3H2,1-2H3,(H2,21,22,26,27)/t16-/m1/s1. The maximum absolute atomic E-state index is 12.7. The molecule has 0 bridgehead atoms. The highest BCUT2D eigenvalue weighted by molar-refractivity contribution is 8.00. The number of benzene rings is 2. The van der Waals surface area contributed by atoms with Crippen LogP contribution in [0.4, 0.5) is 4.79 Å². The van der Waals surface area contributed by atoms with E-state index in [-0.39, 0.29) is 0 Å². The molecule has 3 amide bonds. The molecule has 0 aliphatic rings. The zero-order valence-corrected chi connectivity index (χ0v) is 16.4. The van der Waals surface area contributed by atoms with Crippen LogP contribution in [0.3, 0.4) is 0 Å². The number of nitrogens with zero attached hydrogens (tertiary/aromatic N) is 3. The maximum atomic E-state index is 12.7. The van der Waals surface area contributed by atoms with Crippen molar-refractivity contribution in [2.45, 2.75) is 23.9 Å². The molecule has 3 aromatic rings. The summed E-state index contributed by atoms with van der Waals surface area (Å²) < 4.78 is 1.96. The van der Waals surface area contributed by atoms with Crippen molar-refractivity contribution in [3.63, 3.8) is 0 Å². The van der Waals surface area contributed by atoms with Gasteiger partial charge in [-0.2, -0.15) is 0 Å². The average Bonchev–Trinajstić information content (AvgIpc) is 3.15. The van der Waals surface area contributed by atoms with Gasteiger partial charge in [-0.25, -0.2) is 4.79 Å². The Labute approximate surface area is 167 Å². The number of carbonyl (C=O) groups excluding carboxylic acids is 2. The number of hydrogen-bond acceptors (Lipinski definition) is 5. The lowest BCUT2D eigenvalue weighted by molar-refractivity contribution is -0.119. The third kappa shape index (κ3) is 4.40. The molecule has 0 saturated heterocycles. The minimum atomic E-state index is -0.642. The third-order valence-corrected chi connectivity index (χ3v) is 5.33. The monoisotopic (exact) mass is 395 g/mol. The largest absolute Gasteiger partial charge is 0.341 e. The average molecular weight is 395 g/mol. The van der Waals surface area contributed by atoms with E-state index in [1.807, 2.05) is 72.2 Å². The van der Waals surface area contributed by atoms with Crippen LogP contribution in [0, 0.1) is 0 Å². The Hall–Kier alpha value is -3.13. The Morgan fingerprint density at radius 1 is 1.04 bits per heavy atom. The van der Waals surface area contributed by atoms with Crippen molar-refractivity contribution in [1.82, 2.24) is 25.4 Å². The molecular weight excluding hydrogens is 374 g/mol. The van der Waals surface area contributed by atoms with Crippen LogP contribution >= 0.6 is 11.8 Å². The molecule has 0 fully saturated rings. The van der Waals surface area contributed by atoms with Crippen LogP contribution < -0.4 is 10.6 Å². The van der Waals surface area contributed by atoms with Crippen LogP contribution in [-0.4, -0.2) is 33.8 Å². The van der Waals surface area contributed by atoms with Crippen molar-refractivity contribution in [2.24, 2.45) is 0 Å². The second-order valence-electron chi connectivity index (χ2n) is 5.89. The minimum absolute atomic E-state index is 0.414. The molecule has 0 aliphatic carbocycles. The molecule has 0 unspecified atom stereocenters. The quantitative estimate of drug-likeness (QED) is 0.626. The van der Waals surface area contributed by atoms with Crippen LogP contribution in [0.5, 0.6) is 0 Å². The van der Waals surface area contributed by atoms with Gasteiger partial charge in [0.1, 0.15) is 5.25 Å². The molecule has 2 N–H and O–H groups in total. The summed E-state index contributed by atoms with van der Waals surface area (Å²) in [5.74, 6) is 0.326. The smallest absolute Gasteiger partial charge is 0.321 e. The summed E-state index contributed by atoms with van der Waals surface area (Å²) in [5.41, 5.74) is 1.73. The van der Waals surface area contributed by atoms with Gasteiger partial charge in [-0.1, -0.05) is 72.4 Å². The number of thioether (sulfide) groups is 1. The van der Waals surface area contributed by atoms with Crippen LogP contribution in [0.15, 0.2) is 65.8 Å². The number of hydrogen-bond donors (Lipinski definition) is 2. The first kappa shape index (κ1) is 19.6. The van der Waals surface area contributed by atoms with E-state index in [0.29, 0.717) is 11.7 Å². The summed E-state index contributed by atoms with van der Waals surface area (Å²) in [5, 5.41) is 13.4. The molecule has 8 heteroatoms. The van der Waals surface area contributed by atoms with Crippen LogP contribution in [0.2, 0.25) is 0 Å². The topological polar surface area (TPSA) is 88.9 Å². The molecule has 7 nitrogen and oxygen atoms in total. The van der Waals surface area contributed by atoms with Crippen LogP contribution in [0.25, 0.3) is 11.4 Å². The first-order chi connectivity index (χ1) is 13.6. The van der Waals surface area contributed by atoms with E-state index in [0.717, 1.165) is 17.0 Å². The first-order valence-corrected chi connectivity index (χ1v) is 9.74. The first-order valence-electron chi connectivity index (χ1n) is 8.86. The second kappa shape index (κ2) is 9.18. The van der Waals surface area contributed by atoms with Gasteiger partial charge >= 0.3 is 6.03 Å². The number of amides is 3. The normalized spacial score (nSPS) is 11.6. The molecular formula is C20H21N5O2S. The fourth-order valence-corrected chi connectivity index (χ4v) is 3.81. The van der Waals surface area contributed by atoms with E-state index in [9.17, 15) is 9.59 Å². The summed E-state index contributed by atoms with van der Waals surface area (Å²) in [6.45, 7) is 2.65. The Balaban J connectivity index is 1.94. The second-order valence-corrected chi connectivity index (χ2v) is 6.97. The van der Waals surface area contributed by atoms with Crippen LogP contribution in [-0.2, 0) is 11.3 Å². The number of rotatable bonds is 6. The maximum Gasteiger partial charge on any atom is 0.321 e. The molecule has 0 radical (unpaired) electrons. The van der Waals surface area contributed by atoms with E-state index in [1.54, 1.807) is 0 Å². The lowest BCUT2D eigenvalue weighted by atomic mass is 10.1. The highest BCUT2D eigenvalue weighted by Gasteiger charge is 2.26. The molecule has 28 heavy (non-hydrogen) atoms.